The lowest BCUT2D eigenvalue weighted by atomic mass is 10.1. The van der Waals surface area contributed by atoms with Crippen LogP contribution in [0.5, 0.6) is 5.75 Å². The van der Waals surface area contributed by atoms with Gasteiger partial charge in [-0.15, -0.1) is 0 Å². The van der Waals surface area contributed by atoms with Crippen LogP contribution >= 0.6 is 0 Å². The molecule has 2 aromatic rings. The first kappa shape index (κ1) is 16.4. The molecule has 0 unspecified atom stereocenters. The van der Waals surface area contributed by atoms with Gasteiger partial charge in [-0.05, 0) is 48.0 Å². The first-order valence-corrected chi connectivity index (χ1v) is 6.86. The number of methoxy groups -OCH3 is 1. The number of benzene rings is 2. The lowest BCUT2D eigenvalue weighted by Crippen LogP contribution is -2.12. The summed E-state index contributed by atoms with van der Waals surface area (Å²) >= 11 is 0. The Bertz CT molecular complexity index is 703. The van der Waals surface area contributed by atoms with Crippen LogP contribution in [0.1, 0.15) is 15.9 Å². The number of carbonyl (C=O) groups is 2. The number of hydrogen-bond donors (Lipinski definition) is 0. The summed E-state index contributed by atoms with van der Waals surface area (Å²) in [4.78, 5) is 23.0. The van der Waals surface area contributed by atoms with Crippen molar-refractivity contribution in [3.8, 4) is 5.75 Å². The second kappa shape index (κ2) is 7.89. The Morgan fingerprint density at radius 1 is 1.04 bits per heavy atom. The summed E-state index contributed by atoms with van der Waals surface area (Å²) in [7, 11) is 1.28. The summed E-state index contributed by atoms with van der Waals surface area (Å²) in [6.07, 6.45) is 3.03. The molecule has 0 aliphatic carbocycles. The van der Waals surface area contributed by atoms with E-state index < -0.39 is 5.97 Å². The first-order chi connectivity index (χ1) is 11.1. The topological polar surface area (TPSA) is 52.6 Å². The van der Waals surface area contributed by atoms with E-state index in [1.807, 2.05) is 0 Å². The van der Waals surface area contributed by atoms with Crippen molar-refractivity contribution in [2.45, 2.75) is 0 Å². The fraction of sp³-hybridized carbons (Fsp3) is 0.111. The molecule has 0 radical (unpaired) electrons. The lowest BCUT2D eigenvalue weighted by molar-refractivity contribution is -0.142. The standard InChI is InChI=1S/C18H15FO4/c1-22-18(21)12-23-16-9-5-14(6-10-16)17(20)11-4-13-2-7-15(19)8-3-13/h2-11H,12H2,1H3. The maximum absolute atomic E-state index is 12.8. The highest BCUT2D eigenvalue weighted by Crippen LogP contribution is 2.14. The third-order valence-electron chi connectivity index (χ3n) is 3.02. The van der Waals surface area contributed by atoms with Gasteiger partial charge in [0.2, 0.25) is 0 Å². The third kappa shape index (κ3) is 5.07. The first-order valence-electron chi connectivity index (χ1n) is 6.86. The van der Waals surface area contributed by atoms with Gasteiger partial charge in [-0.2, -0.15) is 0 Å². The molecule has 0 aromatic heterocycles. The molecule has 0 N–H and O–H groups in total. The number of halogens is 1. The Kier molecular flexibility index (Phi) is 5.63. The Hall–Kier alpha value is -2.95. The van der Waals surface area contributed by atoms with Crippen LogP contribution in [0.2, 0.25) is 0 Å². The lowest BCUT2D eigenvalue weighted by Gasteiger charge is -2.04. The SMILES string of the molecule is COC(=O)COc1ccc(C(=O)C=Cc2ccc(F)cc2)cc1. The average Bonchev–Trinajstić information content (AvgIpc) is 2.59. The molecule has 2 rings (SSSR count). The van der Waals surface area contributed by atoms with Crippen LogP contribution in [0.15, 0.2) is 54.6 Å². The zero-order valence-corrected chi connectivity index (χ0v) is 12.5. The third-order valence-corrected chi connectivity index (χ3v) is 3.02. The van der Waals surface area contributed by atoms with Crippen LogP contribution in [-0.4, -0.2) is 25.5 Å². The highest BCUT2D eigenvalue weighted by atomic mass is 19.1. The monoisotopic (exact) mass is 314 g/mol. The van der Waals surface area contributed by atoms with Crippen LogP contribution in [-0.2, 0) is 9.53 Å². The molecule has 0 fully saturated rings. The minimum absolute atomic E-state index is 0.186. The minimum atomic E-state index is -0.479. The Morgan fingerprint density at radius 3 is 2.30 bits per heavy atom. The molecule has 0 bridgehead atoms. The number of esters is 1. The summed E-state index contributed by atoms with van der Waals surface area (Å²) in [6, 6.07) is 12.2. The molecule has 23 heavy (non-hydrogen) atoms. The minimum Gasteiger partial charge on any atom is -0.482 e. The van der Waals surface area contributed by atoms with Crippen molar-refractivity contribution in [1.82, 2.24) is 0 Å². The number of rotatable bonds is 6. The molecule has 0 amide bonds. The summed E-state index contributed by atoms with van der Waals surface area (Å²) in [5.74, 6) is -0.522. The molecule has 0 saturated heterocycles. The zero-order valence-electron chi connectivity index (χ0n) is 12.5. The summed E-state index contributed by atoms with van der Waals surface area (Å²) in [5, 5.41) is 0. The van der Waals surface area contributed by atoms with E-state index in [1.54, 1.807) is 42.5 Å². The molecule has 0 saturated carbocycles. The predicted molar refractivity (Wildman–Crippen MR) is 83.7 cm³/mol. The molecule has 0 aliphatic heterocycles. The van der Waals surface area contributed by atoms with E-state index in [-0.39, 0.29) is 18.2 Å². The number of ether oxygens (including phenoxy) is 2. The highest BCUT2D eigenvalue weighted by Gasteiger charge is 2.04. The van der Waals surface area contributed by atoms with Crippen LogP contribution < -0.4 is 4.74 Å². The number of hydrogen-bond acceptors (Lipinski definition) is 4. The van der Waals surface area contributed by atoms with Gasteiger partial charge in [0, 0.05) is 5.56 Å². The van der Waals surface area contributed by atoms with Gasteiger partial charge in [0.1, 0.15) is 11.6 Å². The average molecular weight is 314 g/mol. The van der Waals surface area contributed by atoms with E-state index in [4.69, 9.17) is 4.74 Å². The fourth-order valence-electron chi connectivity index (χ4n) is 1.76. The van der Waals surface area contributed by atoms with Crippen molar-refractivity contribution < 1.29 is 23.5 Å². The Balaban J connectivity index is 1.97. The molecule has 5 heteroatoms. The number of carbonyl (C=O) groups excluding carboxylic acids is 2. The predicted octanol–water partition coefficient (Wildman–Crippen LogP) is 3.27. The maximum Gasteiger partial charge on any atom is 0.343 e. The molecule has 118 valence electrons. The number of ketones is 1. The van der Waals surface area contributed by atoms with Gasteiger partial charge in [-0.25, -0.2) is 9.18 Å². The van der Waals surface area contributed by atoms with E-state index in [1.165, 1.54) is 25.3 Å². The molecule has 0 spiro atoms. The second-order valence-electron chi connectivity index (χ2n) is 4.64. The van der Waals surface area contributed by atoms with Gasteiger partial charge in [0.05, 0.1) is 7.11 Å². The van der Waals surface area contributed by atoms with E-state index in [9.17, 15) is 14.0 Å². The summed E-state index contributed by atoms with van der Waals surface area (Å²) in [6.45, 7) is -0.186. The van der Waals surface area contributed by atoms with E-state index >= 15 is 0 Å². The number of allylic oxidation sites excluding steroid dienone is 1. The Morgan fingerprint density at radius 2 is 1.70 bits per heavy atom. The second-order valence-corrected chi connectivity index (χ2v) is 4.64. The molecule has 2 aromatic carbocycles. The summed E-state index contributed by atoms with van der Waals surface area (Å²) < 4.78 is 22.5. The normalized spacial score (nSPS) is 10.5. The molecule has 0 atom stereocenters. The van der Waals surface area contributed by atoms with Gasteiger partial charge in [0.25, 0.3) is 0 Å². The zero-order chi connectivity index (χ0) is 16.7. The van der Waals surface area contributed by atoms with Crippen molar-refractivity contribution in [3.63, 3.8) is 0 Å². The molecule has 0 aliphatic rings. The van der Waals surface area contributed by atoms with Gasteiger partial charge < -0.3 is 9.47 Å². The highest BCUT2D eigenvalue weighted by molar-refractivity contribution is 6.06. The summed E-state index contributed by atoms with van der Waals surface area (Å²) in [5.41, 5.74) is 1.21. The van der Waals surface area contributed by atoms with Crippen molar-refractivity contribution >= 4 is 17.8 Å². The molecule has 4 nitrogen and oxygen atoms in total. The van der Waals surface area contributed by atoms with Crippen molar-refractivity contribution in [2.75, 3.05) is 13.7 Å². The largest absolute Gasteiger partial charge is 0.482 e. The molecule has 0 heterocycles. The van der Waals surface area contributed by atoms with E-state index in [2.05, 4.69) is 4.74 Å². The van der Waals surface area contributed by atoms with Crippen LogP contribution in [0.25, 0.3) is 6.08 Å². The van der Waals surface area contributed by atoms with Crippen LogP contribution in [0, 0.1) is 5.82 Å². The van der Waals surface area contributed by atoms with Gasteiger partial charge >= 0.3 is 5.97 Å². The quantitative estimate of drug-likeness (QED) is 0.466. The molecular formula is C18H15FO4. The van der Waals surface area contributed by atoms with Gasteiger partial charge in [0.15, 0.2) is 12.4 Å². The van der Waals surface area contributed by atoms with Crippen LogP contribution in [0.4, 0.5) is 4.39 Å². The van der Waals surface area contributed by atoms with E-state index in [0.717, 1.165) is 5.56 Å². The van der Waals surface area contributed by atoms with E-state index in [0.29, 0.717) is 11.3 Å². The molecular weight excluding hydrogens is 299 g/mol. The Labute approximate surface area is 133 Å². The fourth-order valence-corrected chi connectivity index (χ4v) is 1.76. The maximum atomic E-state index is 12.8. The van der Waals surface area contributed by atoms with Crippen molar-refractivity contribution in [2.24, 2.45) is 0 Å². The smallest absolute Gasteiger partial charge is 0.343 e. The van der Waals surface area contributed by atoms with Crippen LogP contribution in [0.3, 0.4) is 0 Å². The van der Waals surface area contributed by atoms with Crippen molar-refractivity contribution in [1.29, 1.82) is 0 Å². The van der Waals surface area contributed by atoms with Gasteiger partial charge in [-0.3, -0.25) is 4.79 Å². The van der Waals surface area contributed by atoms with Crippen molar-refractivity contribution in [3.05, 3.63) is 71.6 Å². The van der Waals surface area contributed by atoms with Gasteiger partial charge in [-0.1, -0.05) is 18.2 Å².